The van der Waals surface area contributed by atoms with Gasteiger partial charge in [-0.25, -0.2) is 0 Å². The average molecular weight is 709 g/mol. The topological polar surface area (TPSA) is 17.1 Å². The quantitative estimate of drug-likeness (QED) is 0.0879. The van der Waals surface area contributed by atoms with Gasteiger partial charge in [-0.1, -0.05) is 191 Å². The van der Waals surface area contributed by atoms with Gasteiger partial charge in [-0.2, -0.15) is 0 Å². The molecular weight excluding hydrogens is 637 g/mol. The van der Waals surface area contributed by atoms with E-state index in [1.807, 2.05) is 0 Å². The maximum Gasteiger partial charge on any atom is 0.169 e. The van der Waals surface area contributed by atoms with Gasteiger partial charge in [0.2, 0.25) is 0 Å². The molecule has 0 bridgehead atoms. The summed E-state index contributed by atoms with van der Waals surface area (Å²) in [6.07, 6.45) is 18.0. The fourth-order valence-electron chi connectivity index (χ4n) is 8.39. The fraction of sp³-hybridized carbons (Fsp3) is 0.638. The smallest absolute Gasteiger partial charge is 0.169 e. The molecule has 2 atom stereocenters. The van der Waals surface area contributed by atoms with Crippen molar-refractivity contribution in [3.05, 3.63) is 71.8 Å². The van der Waals surface area contributed by atoms with Crippen molar-refractivity contribution in [2.24, 2.45) is 10.8 Å². The number of carbonyl (C=O) groups excluding carboxylic acids is 1. The molecule has 0 aromatic heterocycles. The second-order valence-corrected chi connectivity index (χ2v) is 24.6. The molecule has 0 amide bonds. The summed E-state index contributed by atoms with van der Waals surface area (Å²) in [6, 6.07) is 29.2. The third-order valence-electron chi connectivity index (χ3n) is 11.7. The van der Waals surface area contributed by atoms with Crippen LogP contribution in [0.5, 0.6) is 0 Å². The molecule has 0 aliphatic heterocycles. The number of rotatable bonds is 22. The first kappa shape index (κ1) is 42.1. The molecule has 274 valence electrons. The number of carbonyl (C=O) groups is 1. The minimum atomic E-state index is -1.88. The summed E-state index contributed by atoms with van der Waals surface area (Å²) in [7, 11) is -3.75. The van der Waals surface area contributed by atoms with Crippen molar-refractivity contribution in [1.29, 1.82) is 0 Å². The highest BCUT2D eigenvalue weighted by Crippen LogP contribution is 2.50. The molecule has 0 N–H and O–H groups in total. The third kappa shape index (κ3) is 12.1. The van der Waals surface area contributed by atoms with E-state index in [1.54, 1.807) is 0 Å². The molecule has 1 aliphatic carbocycles. The van der Waals surface area contributed by atoms with Gasteiger partial charge in [-0.3, -0.25) is 4.79 Å². The van der Waals surface area contributed by atoms with Gasteiger partial charge < -0.3 is 0 Å². The van der Waals surface area contributed by atoms with Gasteiger partial charge in [-0.15, -0.1) is 11.1 Å². The first-order valence-corrected chi connectivity index (χ1v) is 26.3. The van der Waals surface area contributed by atoms with Crippen LogP contribution in [0.2, 0.25) is 36.3 Å². The highest BCUT2D eigenvalue weighted by molar-refractivity contribution is 6.87. The van der Waals surface area contributed by atoms with Crippen molar-refractivity contribution in [3.8, 4) is 22.9 Å². The minimum Gasteiger partial charge on any atom is -0.296 e. The molecule has 0 saturated heterocycles. The van der Waals surface area contributed by atoms with E-state index in [0.717, 1.165) is 12.8 Å². The monoisotopic (exact) mass is 709 g/mol. The van der Waals surface area contributed by atoms with Gasteiger partial charge in [0.15, 0.2) is 5.78 Å². The van der Waals surface area contributed by atoms with Gasteiger partial charge >= 0.3 is 0 Å². The van der Waals surface area contributed by atoms with Crippen LogP contribution in [0.3, 0.4) is 0 Å². The molecule has 2 aromatic rings. The zero-order valence-electron chi connectivity index (χ0n) is 33.2. The first-order chi connectivity index (χ1) is 24.3. The number of unbranched alkanes of at least 4 members (excludes halogenated alkanes) is 6. The third-order valence-corrected chi connectivity index (χ3v) is 20.9. The predicted octanol–water partition coefficient (Wildman–Crippen LogP) is 13.6. The van der Waals surface area contributed by atoms with E-state index in [4.69, 9.17) is 0 Å². The number of Topliss-reactive ketones (excluding diaryl/α,β-unsaturated/α-hetero) is 1. The molecule has 3 rings (SSSR count). The lowest BCUT2D eigenvalue weighted by molar-refractivity contribution is -0.129. The van der Waals surface area contributed by atoms with Crippen molar-refractivity contribution in [2.75, 3.05) is 0 Å². The van der Waals surface area contributed by atoms with E-state index in [1.165, 1.54) is 124 Å². The highest BCUT2D eigenvalue weighted by Gasteiger charge is 2.55. The summed E-state index contributed by atoms with van der Waals surface area (Å²) in [6.45, 7) is 13.9. The molecule has 0 radical (unpaired) electrons. The fourth-order valence-corrected chi connectivity index (χ4v) is 17.8. The van der Waals surface area contributed by atoms with E-state index >= 15 is 4.79 Å². The molecule has 0 spiro atoms. The lowest BCUT2D eigenvalue weighted by Gasteiger charge is -2.31. The first-order valence-electron chi connectivity index (χ1n) is 21.0. The van der Waals surface area contributed by atoms with Crippen LogP contribution in [0.15, 0.2) is 60.7 Å². The summed E-state index contributed by atoms with van der Waals surface area (Å²) in [5.41, 5.74) is 9.44. The minimum absolute atomic E-state index is 0.339. The Kier molecular flexibility index (Phi) is 18.4. The Balaban J connectivity index is 2.26. The number of ketones is 1. The molecule has 1 saturated carbocycles. The van der Waals surface area contributed by atoms with Crippen LogP contribution >= 0.6 is 0 Å². The summed E-state index contributed by atoms with van der Waals surface area (Å²) in [5.74, 6) is 8.35. The molecule has 1 aliphatic rings. The SMILES string of the molecule is CCCC[Si](C#C[C@@]1(Cc2ccccc2)CC[C@](C#C[Si](CCCC)(CCCC)CCCC)(Cc2ccccc2)C1=O)(CCCC)CCCC. The lowest BCUT2D eigenvalue weighted by atomic mass is 9.73. The highest BCUT2D eigenvalue weighted by atomic mass is 28.3. The predicted molar refractivity (Wildman–Crippen MR) is 225 cm³/mol. The van der Waals surface area contributed by atoms with Crippen molar-refractivity contribution >= 4 is 21.9 Å². The Bertz CT molecular complexity index is 1230. The zero-order chi connectivity index (χ0) is 36.2. The van der Waals surface area contributed by atoms with E-state index in [-0.39, 0.29) is 0 Å². The maximum atomic E-state index is 15.7. The van der Waals surface area contributed by atoms with E-state index in [0.29, 0.717) is 18.6 Å². The van der Waals surface area contributed by atoms with Gasteiger partial charge in [0.1, 0.15) is 16.1 Å². The average Bonchev–Trinajstić information content (AvgIpc) is 3.41. The summed E-state index contributed by atoms with van der Waals surface area (Å²) in [4.78, 5) is 15.7. The summed E-state index contributed by atoms with van der Waals surface area (Å²) < 4.78 is 0. The molecular formula is C47H72OSi2. The second kappa shape index (κ2) is 21.9. The second-order valence-electron chi connectivity index (χ2n) is 16.0. The Labute approximate surface area is 311 Å². The van der Waals surface area contributed by atoms with E-state index in [2.05, 4.69) is 125 Å². The van der Waals surface area contributed by atoms with Gasteiger partial charge in [0.05, 0.1) is 10.8 Å². The normalized spacial score (nSPS) is 19.1. The van der Waals surface area contributed by atoms with Crippen LogP contribution < -0.4 is 0 Å². The molecule has 0 heterocycles. The van der Waals surface area contributed by atoms with Gasteiger partial charge in [0, 0.05) is 0 Å². The van der Waals surface area contributed by atoms with Crippen LogP contribution in [-0.2, 0) is 17.6 Å². The van der Waals surface area contributed by atoms with Crippen LogP contribution in [0.25, 0.3) is 0 Å². The van der Waals surface area contributed by atoms with Crippen LogP contribution in [0.1, 0.15) is 143 Å². The summed E-state index contributed by atoms with van der Waals surface area (Å²) >= 11 is 0. The van der Waals surface area contributed by atoms with Crippen LogP contribution in [0.4, 0.5) is 0 Å². The molecule has 1 nitrogen and oxygen atoms in total. The van der Waals surface area contributed by atoms with Crippen LogP contribution in [0, 0.1) is 33.8 Å². The number of benzene rings is 2. The molecule has 2 aromatic carbocycles. The van der Waals surface area contributed by atoms with Crippen LogP contribution in [-0.4, -0.2) is 21.9 Å². The molecule has 50 heavy (non-hydrogen) atoms. The van der Waals surface area contributed by atoms with Crippen molar-refractivity contribution in [1.82, 2.24) is 0 Å². The largest absolute Gasteiger partial charge is 0.296 e. The lowest BCUT2D eigenvalue weighted by Crippen LogP contribution is -2.40. The Morgan fingerprint density at radius 3 is 1.02 bits per heavy atom. The molecule has 1 fully saturated rings. The maximum absolute atomic E-state index is 15.7. The Morgan fingerprint density at radius 2 is 0.760 bits per heavy atom. The van der Waals surface area contributed by atoms with Gasteiger partial charge in [-0.05, 0) is 73.1 Å². The molecule has 0 unspecified atom stereocenters. The molecule has 3 heteroatoms. The number of hydrogen-bond donors (Lipinski definition) is 0. The Morgan fingerprint density at radius 1 is 0.480 bits per heavy atom. The van der Waals surface area contributed by atoms with Crippen molar-refractivity contribution < 1.29 is 4.79 Å². The Hall–Kier alpha value is -2.34. The van der Waals surface area contributed by atoms with Crippen molar-refractivity contribution in [3.63, 3.8) is 0 Å². The summed E-state index contributed by atoms with van der Waals surface area (Å²) in [5, 5.41) is 0. The van der Waals surface area contributed by atoms with E-state index < -0.39 is 27.0 Å². The van der Waals surface area contributed by atoms with E-state index in [9.17, 15) is 0 Å². The number of hydrogen-bond acceptors (Lipinski definition) is 1. The zero-order valence-corrected chi connectivity index (χ0v) is 35.2. The van der Waals surface area contributed by atoms with Crippen molar-refractivity contribution in [2.45, 2.75) is 181 Å². The standard InChI is InChI=1S/C47H72OSi2/c1-7-13-33-49(34-14-8-2,35-15-9-3)39-31-46(41-43-25-21-19-22-26-43)29-30-47(45(46)48,42-44-27-23-20-24-28-44)32-40-50(36-16-10-4,37-17-11-5)38-18-12-6/h19-28H,7-18,29-30,33-38,41-42H2,1-6H3/t46-,47+. The van der Waals surface area contributed by atoms with Gasteiger partial charge in [0.25, 0.3) is 0 Å².